The van der Waals surface area contributed by atoms with E-state index in [2.05, 4.69) is 5.32 Å². The van der Waals surface area contributed by atoms with E-state index in [-0.39, 0.29) is 5.82 Å². The molecule has 0 spiro atoms. The summed E-state index contributed by atoms with van der Waals surface area (Å²) in [6, 6.07) is 12.1. The Morgan fingerprint density at radius 3 is 2.72 bits per heavy atom. The van der Waals surface area contributed by atoms with Crippen molar-refractivity contribution in [1.82, 2.24) is 0 Å². The van der Waals surface area contributed by atoms with Gasteiger partial charge in [0.05, 0.1) is 6.61 Å². The lowest BCUT2D eigenvalue weighted by Gasteiger charge is -2.12. The van der Waals surface area contributed by atoms with E-state index >= 15 is 0 Å². The van der Waals surface area contributed by atoms with Gasteiger partial charge in [-0.3, -0.25) is 0 Å². The van der Waals surface area contributed by atoms with Crippen LogP contribution in [0.3, 0.4) is 0 Å². The monoisotopic (exact) mass is 246 g/mol. The number of methoxy groups -OCH3 is 1. The molecule has 0 aliphatic carbocycles. The molecule has 0 saturated carbocycles. The Kier molecular flexibility index (Phi) is 3.79. The third-order valence-electron chi connectivity index (χ3n) is 2.52. The Labute approximate surface area is 105 Å². The lowest BCUT2D eigenvalue weighted by molar-refractivity contribution is 0.185. The predicted molar refractivity (Wildman–Crippen MR) is 71.3 cm³/mol. The standard InChI is InChI=1S/C14H15FN2O/c1-18-9-10-4-2-3-5-14(10)17-13-7-11(15)6-12(16)8-13/h2-8,17H,9,16H2,1H3. The molecule has 0 amide bonds. The number of nitrogen functional groups attached to an aromatic ring is 1. The highest BCUT2D eigenvalue weighted by Crippen LogP contribution is 2.23. The number of para-hydroxylation sites is 1. The first kappa shape index (κ1) is 12.4. The number of nitrogens with two attached hydrogens (primary N) is 1. The molecule has 0 radical (unpaired) electrons. The lowest BCUT2D eigenvalue weighted by Crippen LogP contribution is -1.98. The molecule has 18 heavy (non-hydrogen) atoms. The Morgan fingerprint density at radius 2 is 2.00 bits per heavy atom. The lowest BCUT2D eigenvalue weighted by atomic mass is 10.1. The van der Waals surface area contributed by atoms with Gasteiger partial charge in [0.15, 0.2) is 0 Å². The van der Waals surface area contributed by atoms with E-state index in [9.17, 15) is 4.39 Å². The molecule has 0 aliphatic rings. The van der Waals surface area contributed by atoms with Crippen LogP contribution in [-0.4, -0.2) is 7.11 Å². The Morgan fingerprint density at radius 1 is 1.22 bits per heavy atom. The van der Waals surface area contributed by atoms with Crippen LogP contribution < -0.4 is 11.1 Å². The molecule has 3 N–H and O–H groups in total. The molecule has 4 heteroatoms. The van der Waals surface area contributed by atoms with Crippen LogP contribution in [0, 0.1) is 5.82 Å². The Hall–Kier alpha value is -2.07. The second-order valence-corrected chi connectivity index (χ2v) is 3.99. The maximum Gasteiger partial charge on any atom is 0.127 e. The number of hydrogen-bond donors (Lipinski definition) is 2. The van der Waals surface area contributed by atoms with Crippen LogP contribution >= 0.6 is 0 Å². The highest BCUT2D eigenvalue weighted by atomic mass is 19.1. The van der Waals surface area contributed by atoms with Gasteiger partial charge in [0.1, 0.15) is 5.82 Å². The van der Waals surface area contributed by atoms with E-state index in [0.29, 0.717) is 18.0 Å². The third-order valence-corrected chi connectivity index (χ3v) is 2.52. The fraction of sp³-hybridized carbons (Fsp3) is 0.143. The zero-order chi connectivity index (χ0) is 13.0. The second kappa shape index (κ2) is 5.51. The third kappa shape index (κ3) is 2.99. The van der Waals surface area contributed by atoms with Gasteiger partial charge in [-0.1, -0.05) is 18.2 Å². The van der Waals surface area contributed by atoms with Crippen molar-refractivity contribution >= 4 is 17.1 Å². The highest BCUT2D eigenvalue weighted by molar-refractivity contribution is 5.66. The number of hydrogen-bond acceptors (Lipinski definition) is 3. The van der Waals surface area contributed by atoms with Gasteiger partial charge in [-0.2, -0.15) is 0 Å². The summed E-state index contributed by atoms with van der Waals surface area (Å²) in [6.45, 7) is 0.494. The first-order chi connectivity index (χ1) is 8.69. The average Bonchev–Trinajstić information content (AvgIpc) is 2.30. The van der Waals surface area contributed by atoms with Crippen LogP contribution in [0.1, 0.15) is 5.56 Å². The van der Waals surface area contributed by atoms with Crippen molar-refractivity contribution in [3.8, 4) is 0 Å². The first-order valence-electron chi connectivity index (χ1n) is 5.59. The molecule has 2 rings (SSSR count). The highest BCUT2D eigenvalue weighted by Gasteiger charge is 2.03. The van der Waals surface area contributed by atoms with Crippen LogP contribution in [0.25, 0.3) is 0 Å². The van der Waals surface area contributed by atoms with Gasteiger partial charge in [0.25, 0.3) is 0 Å². The molecule has 3 nitrogen and oxygen atoms in total. The van der Waals surface area contributed by atoms with Crippen molar-refractivity contribution in [3.05, 3.63) is 53.8 Å². The molecule has 0 bridgehead atoms. The minimum atomic E-state index is -0.360. The van der Waals surface area contributed by atoms with E-state index < -0.39 is 0 Å². The van der Waals surface area contributed by atoms with E-state index in [1.807, 2.05) is 24.3 Å². The normalized spacial score (nSPS) is 10.3. The van der Waals surface area contributed by atoms with Crippen molar-refractivity contribution < 1.29 is 9.13 Å². The number of ether oxygens (including phenoxy) is 1. The zero-order valence-corrected chi connectivity index (χ0v) is 10.1. The molecule has 0 heterocycles. The topological polar surface area (TPSA) is 47.3 Å². The summed E-state index contributed by atoms with van der Waals surface area (Å²) in [5, 5.41) is 3.14. The summed E-state index contributed by atoms with van der Waals surface area (Å²) in [6.07, 6.45) is 0. The molecule has 0 saturated heterocycles. The van der Waals surface area contributed by atoms with E-state index in [1.54, 1.807) is 13.2 Å². The quantitative estimate of drug-likeness (QED) is 0.814. The molecule has 0 aliphatic heterocycles. The van der Waals surface area contributed by atoms with Gasteiger partial charge in [-0.25, -0.2) is 4.39 Å². The molecule has 0 unspecified atom stereocenters. The maximum absolute atomic E-state index is 13.2. The van der Waals surface area contributed by atoms with E-state index in [1.165, 1.54) is 12.1 Å². The largest absolute Gasteiger partial charge is 0.399 e. The van der Waals surface area contributed by atoms with Crippen LogP contribution in [0.2, 0.25) is 0 Å². The fourth-order valence-electron chi connectivity index (χ4n) is 1.76. The molecule has 0 fully saturated rings. The summed E-state index contributed by atoms with van der Waals surface area (Å²) in [5.41, 5.74) is 8.50. The van der Waals surface area contributed by atoms with Crippen LogP contribution in [0.5, 0.6) is 0 Å². The zero-order valence-electron chi connectivity index (χ0n) is 10.1. The SMILES string of the molecule is COCc1ccccc1Nc1cc(N)cc(F)c1. The van der Waals surface area contributed by atoms with Gasteiger partial charge < -0.3 is 15.8 Å². The van der Waals surface area contributed by atoms with Crippen LogP contribution in [0.15, 0.2) is 42.5 Å². The number of benzene rings is 2. The minimum absolute atomic E-state index is 0.360. The van der Waals surface area contributed by atoms with E-state index in [4.69, 9.17) is 10.5 Å². The summed E-state index contributed by atoms with van der Waals surface area (Å²) >= 11 is 0. The summed E-state index contributed by atoms with van der Waals surface area (Å²) in [5.74, 6) is -0.360. The number of halogens is 1. The first-order valence-corrected chi connectivity index (χ1v) is 5.59. The smallest absolute Gasteiger partial charge is 0.127 e. The predicted octanol–water partition coefficient (Wildman–Crippen LogP) is 3.30. The van der Waals surface area contributed by atoms with Crippen molar-refractivity contribution in [3.63, 3.8) is 0 Å². The van der Waals surface area contributed by atoms with Crippen molar-refractivity contribution in [2.24, 2.45) is 0 Å². The Balaban J connectivity index is 2.27. The Bertz CT molecular complexity index is 523. The van der Waals surface area contributed by atoms with Crippen molar-refractivity contribution in [1.29, 1.82) is 0 Å². The van der Waals surface area contributed by atoms with Crippen LogP contribution in [-0.2, 0) is 11.3 Å². The number of nitrogens with one attached hydrogen (secondary N) is 1. The van der Waals surface area contributed by atoms with Gasteiger partial charge in [-0.05, 0) is 24.3 Å². The summed E-state index contributed by atoms with van der Waals surface area (Å²) < 4.78 is 18.3. The second-order valence-electron chi connectivity index (χ2n) is 3.99. The molecule has 94 valence electrons. The molecule has 0 atom stereocenters. The van der Waals surface area contributed by atoms with Crippen molar-refractivity contribution in [2.75, 3.05) is 18.2 Å². The molecular formula is C14H15FN2O. The van der Waals surface area contributed by atoms with Crippen molar-refractivity contribution in [2.45, 2.75) is 6.61 Å². The average molecular weight is 246 g/mol. The summed E-state index contributed by atoms with van der Waals surface area (Å²) in [4.78, 5) is 0. The molecule has 2 aromatic rings. The van der Waals surface area contributed by atoms with Gasteiger partial charge in [0.2, 0.25) is 0 Å². The van der Waals surface area contributed by atoms with Gasteiger partial charge in [0, 0.05) is 29.7 Å². The number of rotatable bonds is 4. The summed E-state index contributed by atoms with van der Waals surface area (Å²) in [7, 11) is 1.64. The maximum atomic E-state index is 13.2. The van der Waals surface area contributed by atoms with Gasteiger partial charge in [-0.15, -0.1) is 0 Å². The fourth-order valence-corrected chi connectivity index (χ4v) is 1.76. The molecule has 0 aromatic heterocycles. The number of anilines is 3. The van der Waals surface area contributed by atoms with E-state index in [0.717, 1.165) is 11.3 Å². The van der Waals surface area contributed by atoms with Gasteiger partial charge >= 0.3 is 0 Å². The minimum Gasteiger partial charge on any atom is -0.399 e. The molecule has 2 aromatic carbocycles. The van der Waals surface area contributed by atoms with Crippen LogP contribution in [0.4, 0.5) is 21.5 Å². The molecular weight excluding hydrogens is 231 g/mol.